The molecule has 40 heavy (non-hydrogen) atoms. The van der Waals surface area contributed by atoms with Gasteiger partial charge in [0.25, 0.3) is 5.91 Å². The molecule has 2 aromatic heterocycles. The molecule has 0 spiro atoms. The molecule has 9 nitrogen and oxygen atoms in total. The Morgan fingerprint density at radius 1 is 0.975 bits per heavy atom. The van der Waals surface area contributed by atoms with E-state index in [-0.39, 0.29) is 5.69 Å². The highest BCUT2D eigenvalue weighted by Crippen LogP contribution is 2.25. The second kappa shape index (κ2) is 11.3. The van der Waals surface area contributed by atoms with Gasteiger partial charge in [-0.15, -0.1) is 0 Å². The third kappa shape index (κ3) is 5.53. The number of carbonyl (C=O) groups excluding carboxylic acids is 1. The molecular weight excluding hydrogens is 516 g/mol. The molecule has 0 atom stereocenters. The predicted octanol–water partition coefficient (Wildman–Crippen LogP) is 3.66. The number of rotatable bonds is 6. The number of benzene rings is 2. The Kier molecular flexibility index (Phi) is 7.42. The molecule has 4 heterocycles. The molecule has 1 amide bonds. The lowest BCUT2D eigenvalue weighted by Crippen LogP contribution is -2.47. The topological polar surface area (TPSA) is 78.8 Å². The summed E-state index contributed by atoms with van der Waals surface area (Å²) in [6.07, 6.45) is 3.34. The van der Waals surface area contributed by atoms with Crippen molar-refractivity contribution in [3.8, 4) is 5.69 Å². The largest absolute Gasteiger partial charge is 0.379 e. The maximum absolute atomic E-state index is 15.2. The van der Waals surface area contributed by atoms with Crippen LogP contribution in [0.2, 0.25) is 0 Å². The molecule has 0 aliphatic carbocycles. The quantitative estimate of drug-likeness (QED) is 0.395. The van der Waals surface area contributed by atoms with Crippen LogP contribution in [0.3, 0.4) is 0 Å². The van der Waals surface area contributed by atoms with E-state index in [0.29, 0.717) is 43.2 Å². The second-order valence-corrected chi connectivity index (χ2v) is 10.2. The standard InChI is InChI=1S/C29H31F2N7O2/c1-35-8-10-37(11-9-35)28(39)26-24(30)16-23(17-25(26)31)38-7-6-21-18-32-29(34-27(21)38)33-22-4-2-20(3-5-22)19-36-12-14-40-15-13-36/h2-7,16-18H,8-15,19H2,1H3,(H,32,33,34). The third-order valence-corrected chi connectivity index (χ3v) is 7.46. The first-order valence-corrected chi connectivity index (χ1v) is 13.4. The van der Waals surface area contributed by atoms with Gasteiger partial charge in [-0.2, -0.15) is 4.98 Å². The Bertz CT molecular complexity index is 1490. The van der Waals surface area contributed by atoms with Gasteiger partial charge in [0.2, 0.25) is 5.95 Å². The Morgan fingerprint density at radius 3 is 2.38 bits per heavy atom. The number of likely N-dealkylation sites (N-methyl/N-ethyl adjacent to an activating group) is 1. The number of anilines is 2. The summed E-state index contributed by atoms with van der Waals surface area (Å²) < 4.78 is 37.3. The van der Waals surface area contributed by atoms with Crippen molar-refractivity contribution in [1.82, 2.24) is 29.2 Å². The van der Waals surface area contributed by atoms with Gasteiger partial charge in [0.15, 0.2) is 0 Å². The highest BCUT2D eigenvalue weighted by Gasteiger charge is 2.27. The Balaban J connectivity index is 1.21. The molecule has 6 rings (SSSR count). The van der Waals surface area contributed by atoms with Crippen LogP contribution in [-0.4, -0.2) is 94.7 Å². The molecule has 1 N–H and O–H groups in total. The molecule has 0 radical (unpaired) electrons. The number of halogens is 2. The van der Waals surface area contributed by atoms with Crippen molar-refractivity contribution in [3.63, 3.8) is 0 Å². The number of hydrogen-bond donors (Lipinski definition) is 1. The number of aromatic nitrogens is 3. The van der Waals surface area contributed by atoms with Crippen molar-refractivity contribution in [2.24, 2.45) is 0 Å². The van der Waals surface area contributed by atoms with Crippen molar-refractivity contribution in [3.05, 3.63) is 77.6 Å². The number of carbonyl (C=O) groups is 1. The SMILES string of the molecule is CN1CCN(C(=O)c2c(F)cc(-n3ccc4cnc(Nc5ccc(CN6CCOCC6)cc5)nc43)cc2F)CC1. The molecular formula is C29H31F2N7O2. The highest BCUT2D eigenvalue weighted by atomic mass is 19.1. The van der Waals surface area contributed by atoms with Crippen molar-refractivity contribution in [2.75, 3.05) is 64.8 Å². The molecule has 0 unspecified atom stereocenters. The summed E-state index contributed by atoms with van der Waals surface area (Å²) in [5, 5.41) is 3.92. The maximum Gasteiger partial charge on any atom is 0.259 e. The molecule has 0 bridgehead atoms. The van der Waals surface area contributed by atoms with Crippen LogP contribution in [-0.2, 0) is 11.3 Å². The number of ether oxygens (including phenoxy) is 1. The Labute approximate surface area is 231 Å². The van der Waals surface area contributed by atoms with Gasteiger partial charge in [0, 0.05) is 69.3 Å². The fourth-order valence-corrected chi connectivity index (χ4v) is 5.10. The lowest BCUT2D eigenvalue weighted by Gasteiger charge is -2.32. The van der Waals surface area contributed by atoms with E-state index >= 15 is 8.78 Å². The lowest BCUT2D eigenvalue weighted by atomic mass is 10.1. The highest BCUT2D eigenvalue weighted by molar-refractivity contribution is 5.95. The van der Waals surface area contributed by atoms with Gasteiger partial charge in [0.05, 0.1) is 18.9 Å². The smallest absolute Gasteiger partial charge is 0.259 e. The zero-order valence-electron chi connectivity index (χ0n) is 22.3. The minimum atomic E-state index is -0.898. The predicted molar refractivity (Wildman–Crippen MR) is 148 cm³/mol. The molecule has 2 aliphatic heterocycles. The van der Waals surface area contributed by atoms with Gasteiger partial charge >= 0.3 is 0 Å². The number of amides is 1. The summed E-state index contributed by atoms with van der Waals surface area (Å²) in [7, 11) is 1.95. The van der Waals surface area contributed by atoms with E-state index in [9.17, 15) is 4.79 Å². The van der Waals surface area contributed by atoms with E-state index in [1.54, 1.807) is 23.0 Å². The van der Waals surface area contributed by atoms with Crippen molar-refractivity contribution >= 4 is 28.6 Å². The monoisotopic (exact) mass is 547 g/mol. The van der Waals surface area contributed by atoms with Crippen LogP contribution in [0.25, 0.3) is 16.7 Å². The van der Waals surface area contributed by atoms with Crippen molar-refractivity contribution < 1.29 is 18.3 Å². The van der Waals surface area contributed by atoms with Crippen LogP contribution in [0.15, 0.2) is 54.9 Å². The minimum Gasteiger partial charge on any atom is -0.379 e. The number of piperazine rings is 1. The van der Waals surface area contributed by atoms with Crippen LogP contribution < -0.4 is 5.32 Å². The van der Waals surface area contributed by atoms with Gasteiger partial charge in [-0.1, -0.05) is 12.1 Å². The number of nitrogens with one attached hydrogen (secondary N) is 1. The fraction of sp³-hybridized carbons (Fsp3) is 0.345. The van der Waals surface area contributed by atoms with E-state index in [0.717, 1.165) is 38.5 Å². The summed E-state index contributed by atoms with van der Waals surface area (Å²) in [6, 6.07) is 12.2. The van der Waals surface area contributed by atoms with Gasteiger partial charge < -0.3 is 24.4 Å². The first-order valence-electron chi connectivity index (χ1n) is 13.4. The summed E-state index contributed by atoms with van der Waals surface area (Å²) in [5.41, 5.74) is 2.22. The summed E-state index contributed by atoms with van der Waals surface area (Å²) in [4.78, 5) is 27.8. The average Bonchev–Trinajstić information content (AvgIpc) is 3.38. The van der Waals surface area contributed by atoms with Crippen molar-refractivity contribution in [1.29, 1.82) is 0 Å². The maximum atomic E-state index is 15.2. The second-order valence-electron chi connectivity index (χ2n) is 10.2. The molecule has 4 aromatic rings. The van der Waals surface area contributed by atoms with E-state index in [1.165, 1.54) is 22.6 Å². The summed E-state index contributed by atoms with van der Waals surface area (Å²) in [6.45, 7) is 6.44. The summed E-state index contributed by atoms with van der Waals surface area (Å²) >= 11 is 0. The van der Waals surface area contributed by atoms with Crippen LogP contribution in [0.5, 0.6) is 0 Å². The number of hydrogen-bond acceptors (Lipinski definition) is 7. The van der Waals surface area contributed by atoms with Crippen LogP contribution in [0.1, 0.15) is 15.9 Å². The van der Waals surface area contributed by atoms with Gasteiger partial charge in [-0.25, -0.2) is 13.8 Å². The van der Waals surface area contributed by atoms with E-state index in [2.05, 4.69) is 37.2 Å². The number of nitrogens with zero attached hydrogens (tertiary/aromatic N) is 6. The van der Waals surface area contributed by atoms with Gasteiger partial charge in [-0.3, -0.25) is 9.69 Å². The zero-order chi connectivity index (χ0) is 27.6. The lowest BCUT2D eigenvalue weighted by molar-refractivity contribution is 0.0342. The van der Waals surface area contributed by atoms with E-state index in [1.807, 2.05) is 19.2 Å². The van der Waals surface area contributed by atoms with Gasteiger partial charge in [-0.05, 0) is 42.9 Å². The first kappa shape index (κ1) is 26.3. The van der Waals surface area contributed by atoms with Crippen LogP contribution in [0.4, 0.5) is 20.4 Å². The Morgan fingerprint density at radius 2 is 1.68 bits per heavy atom. The molecule has 11 heteroatoms. The number of fused-ring (bicyclic) bond motifs is 1. The average molecular weight is 548 g/mol. The molecule has 2 saturated heterocycles. The van der Waals surface area contributed by atoms with Gasteiger partial charge in [0.1, 0.15) is 22.8 Å². The molecule has 0 saturated carbocycles. The van der Waals surface area contributed by atoms with Crippen molar-refractivity contribution in [2.45, 2.75) is 6.54 Å². The number of morpholine rings is 1. The molecule has 2 fully saturated rings. The third-order valence-electron chi connectivity index (χ3n) is 7.46. The summed E-state index contributed by atoms with van der Waals surface area (Å²) in [5.74, 6) is -2.07. The van der Waals surface area contributed by atoms with Crippen LogP contribution in [0, 0.1) is 11.6 Å². The normalized spacial score (nSPS) is 16.9. The first-order chi connectivity index (χ1) is 19.4. The zero-order valence-corrected chi connectivity index (χ0v) is 22.3. The Hall–Kier alpha value is -3.93. The van der Waals surface area contributed by atoms with E-state index < -0.39 is 23.1 Å². The van der Waals surface area contributed by atoms with Crippen LogP contribution >= 0.6 is 0 Å². The molecule has 2 aliphatic rings. The molecule has 2 aromatic carbocycles. The van der Waals surface area contributed by atoms with E-state index in [4.69, 9.17) is 4.74 Å². The molecule has 208 valence electrons. The minimum absolute atomic E-state index is 0.233. The fourth-order valence-electron chi connectivity index (χ4n) is 5.10.